The van der Waals surface area contributed by atoms with Crippen LogP contribution in [-0.4, -0.2) is 13.7 Å². The minimum absolute atomic E-state index is 0.771. The van der Waals surface area contributed by atoms with Crippen molar-refractivity contribution in [3.05, 3.63) is 28.2 Å². The van der Waals surface area contributed by atoms with Crippen molar-refractivity contribution in [2.45, 2.75) is 33.2 Å². The molecular weight excluding hydrogens is 278 g/mol. The number of ether oxygens (including phenoxy) is 1. The molecular formula is C14H22BrNO. The van der Waals surface area contributed by atoms with E-state index in [0.29, 0.717) is 0 Å². The Balaban J connectivity index is 2.53. The van der Waals surface area contributed by atoms with Gasteiger partial charge in [0.1, 0.15) is 5.75 Å². The summed E-state index contributed by atoms with van der Waals surface area (Å²) in [7, 11) is 1.72. The predicted molar refractivity (Wildman–Crippen MR) is 76.5 cm³/mol. The molecule has 1 N–H and O–H groups in total. The second kappa shape index (κ2) is 7.72. The van der Waals surface area contributed by atoms with Crippen LogP contribution in [0.25, 0.3) is 0 Å². The van der Waals surface area contributed by atoms with Gasteiger partial charge in [-0.2, -0.15) is 0 Å². The van der Waals surface area contributed by atoms with Crippen LogP contribution in [0.4, 0.5) is 0 Å². The summed E-state index contributed by atoms with van der Waals surface area (Å²) in [6, 6.07) is 6.11. The summed E-state index contributed by atoms with van der Waals surface area (Å²) < 4.78 is 6.44. The average Bonchev–Trinajstić information content (AvgIpc) is 2.35. The van der Waals surface area contributed by atoms with Gasteiger partial charge in [0.05, 0.1) is 7.11 Å². The smallest absolute Gasteiger partial charge is 0.123 e. The molecule has 0 amide bonds. The Labute approximate surface area is 113 Å². The van der Waals surface area contributed by atoms with Crippen molar-refractivity contribution >= 4 is 15.9 Å². The van der Waals surface area contributed by atoms with Gasteiger partial charge >= 0.3 is 0 Å². The van der Waals surface area contributed by atoms with Crippen LogP contribution in [0.15, 0.2) is 22.7 Å². The Morgan fingerprint density at radius 1 is 1.29 bits per heavy atom. The molecule has 0 fully saturated rings. The maximum absolute atomic E-state index is 5.35. The Morgan fingerprint density at radius 3 is 2.59 bits per heavy atom. The summed E-state index contributed by atoms with van der Waals surface area (Å²) in [6.07, 6.45) is 2.47. The number of rotatable bonds is 7. The van der Waals surface area contributed by atoms with E-state index < -0.39 is 0 Å². The number of benzene rings is 1. The lowest BCUT2D eigenvalue weighted by Crippen LogP contribution is -2.22. The van der Waals surface area contributed by atoms with Gasteiger partial charge in [-0.05, 0) is 30.7 Å². The lowest BCUT2D eigenvalue weighted by atomic mass is 10.0. The first kappa shape index (κ1) is 14.5. The minimum atomic E-state index is 0.771. The average molecular weight is 300 g/mol. The zero-order valence-electron chi connectivity index (χ0n) is 10.9. The summed E-state index contributed by atoms with van der Waals surface area (Å²) in [5, 5.41) is 3.50. The molecule has 0 saturated carbocycles. The Morgan fingerprint density at radius 2 is 2.00 bits per heavy atom. The lowest BCUT2D eigenvalue weighted by Gasteiger charge is -2.14. The van der Waals surface area contributed by atoms with Crippen molar-refractivity contribution < 1.29 is 4.74 Å². The third-order valence-electron chi connectivity index (χ3n) is 3.15. The highest BCUT2D eigenvalue weighted by molar-refractivity contribution is 9.10. The molecule has 0 heterocycles. The van der Waals surface area contributed by atoms with Crippen LogP contribution in [0.1, 0.15) is 32.3 Å². The molecule has 0 aliphatic heterocycles. The number of hydrogen-bond acceptors (Lipinski definition) is 2. The van der Waals surface area contributed by atoms with E-state index >= 15 is 0 Å². The molecule has 0 atom stereocenters. The summed E-state index contributed by atoms with van der Waals surface area (Å²) in [6.45, 7) is 6.42. The number of nitrogens with one attached hydrogen (secondary N) is 1. The van der Waals surface area contributed by atoms with Crippen molar-refractivity contribution in [1.82, 2.24) is 5.32 Å². The highest BCUT2D eigenvalue weighted by atomic mass is 79.9. The SMILES string of the molecule is CCC(CC)CNCc1cc(Br)ccc1OC. The molecule has 0 radical (unpaired) electrons. The van der Waals surface area contributed by atoms with Gasteiger partial charge in [0, 0.05) is 16.6 Å². The van der Waals surface area contributed by atoms with Crippen molar-refractivity contribution in [2.24, 2.45) is 5.92 Å². The van der Waals surface area contributed by atoms with E-state index in [2.05, 4.69) is 41.2 Å². The molecule has 1 aromatic rings. The van der Waals surface area contributed by atoms with Gasteiger partial charge in [0.15, 0.2) is 0 Å². The van der Waals surface area contributed by atoms with Crippen molar-refractivity contribution in [2.75, 3.05) is 13.7 Å². The summed E-state index contributed by atoms with van der Waals surface area (Å²) in [4.78, 5) is 0. The van der Waals surface area contributed by atoms with Gasteiger partial charge in [0.25, 0.3) is 0 Å². The first-order valence-corrected chi connectivity index (χ1v) is 7.03. The van der Waals surface area contributed by atoms with Gasteiger partial charge in [-0.3, -0.25) is 0 Å². The van der Waals surface area contributed by atoms with Crippen molar-refractivity contribution in [1.29, 1.82) is 0 Å². The Bertz CT molecular complexity index is 337. The van der Waals surface area contributed by atoms with E-state index in [0.717, 1.165) is 29.2 Å². The second-order valence-corrected chi connectivity index (χ2v) is 5.19. The minimum Gasteiger partial charge on any atom is -0.496 e. The summed E-state index contributed by atoms with van der Waals surface area (Å²) in [5.74, 6) is 1.72. The van der Waals surface area contributed by atoms with E-state index in [4.69, 9.17) is 4.74 Å². The summed E-state index contributed by atoms with van der Waals surface area (Å²) >= 11 is 3.49. The van der Waals surface area contributed by atoms with Crippen molar-refractivity contribution in [3.8, 4) is 5.75 Å². The molecule has 96 valence electrons. The molecule has 0 saturated heterocycles. The van der Waals surface area contributed by atoms with Gasteiger partial charge in [-0.15, -0.1) is 0 Å². The molecule has 0 spiro atoms. The lowest BCUT2D eigenvalue weighted by molar-refractivity contribution is 0.403. The number of halogens is 1. The van der Waals surface area contributed by atoms with Gasteiger partial charge in [-0.1, -0.05) is 42.6 Å². The standard InChI is InChI=1S/C14H22BrNO/c1-4-11(5-2)9-16-10-12-8-13(15)6-7-14(12)17-3/h6-8,11,16H,4-5,9-10H2,1-3H3. The first-order valence-electron chi connectivity index (χ1n) is 6.24. The summed E-state index contributed by atoms with van der Waals surface area (Å²) in [5.41, 5.74) is 1.20. The van der Waals surface area contributed by atoms with Crippen LogP contribution in [0.2, 0.25) is 0 Å². The molecule has 0 unspecified atom stereocenters. The molecule has 2 nitrogen and oxygen atoms in total. The van der Waals surface area contributed by atoms with Crippen LogP contribution in [0, 0.1) is 5.92 Å². The molecule has 0 aliphatic rings. The zero-order chi connectivity index (χ0) is 12.7. The highest BCUT2D eigenvalue weighted by Crippen LogP contribution is 2.22. The topological polar surface area (TPSA) is 21.3 Å². The van der Waals surface area contributed by atoms with Crippen LogP contribution in [0.5, 0.6) is 5.75 Å². The Hall–Kier alpha value is -0.540. The van der Waals surface area contributed by atoms with Gasteiger partial charge in [0.2, 0.25) is 0 Å². The maximum Gasteiger partial charge on any atom is 0.123 e. The number of hydrogen-bond donors (Lipinski definition) is 1. The zero-order valence-corrected chi connectivity index (χ0v) is 12.5. The molecule has 0 bridgehead atoms. The molecule has 1 aromatic carbocycles. The van der Waals surface area contributed by atoms with Crippen LogP contribution in [0.3, 0.4) is 0 Å². The molecule has 0 aromatic heterocycles. The first-order chi connectivity index (χ1) is 8.21. The monoisotopic (exact) mass is 299 g/mol. The van der Waals surface area contributed by atoms with Gasteiger partial charge in [-0.25, -0.2) is 0 Å². The van der Waals surface area contributed by atoms with Crippen molar-refractivity contribution in [3.63, 3.8) is 0 Å². The van der Waals surface area contributed by atoms with Crippen LogP contribution >= 0.6 is 15.9 Å². The normalized spacial score (nSPS) is 10.9. The van der Waals surface area contributed by atoms with E-state index in [1.54, 1.807) is 7.11 Å². The van der Waals surface area contributed by atoms with E-state index in [1.807, 2.05) is 12.1 Å². The second-order valence-electron chi connectivity index (χ2n) is 4.27. The third kappa shape index (κ3) is 4.68. The van der Waals surface area contributed by atoms with E-state index in [1.165, 1.54) is 18.4 Å². The largest absolute Gasteiger partial charge is 0.496 e. The van der Waals surface area contributed by atoms with Crippen LogP contribution < -0.4 is 10.1 Å². The Kier molecular flexibility index (Phi) is 6.60. The fourth-order valence-corrected chi connectivity index (χ4v) is 2.28. The quantitative estimate of drug-likeness (QED) is 0.822. The molecule has 17 heavy (non-hydrogen) atoms. The van der Waals surface area contributed by atoms with E-state index in [9.17, 15) is 0 Å². The third-order valence-corrected chi connectivity index (χ3v) is 3.64. The van der Waals surface area contributed by atoms with Crippen LogP contribution in [-0.2, 0) is 6.54 Å². The van der Waals surface area contributed by atoms with Gasteiger partial charge < -0.3 is 10.1 Å². The highest BCUT2D eigenvalue weighted by Gasteiger charge is 2.06. The predicted octanol–water partition coefficient (Wildman–Crippen LogP) is 3.98. The van der Waals surface area contributed by atoms with E-state index in [-0.39, 0.29) is 0 Å². The number of methoxy groups -OCH3 is 1. The fourth-order valence-electron chi connectivity index (χ4n) is 1.87. The maximum atomic E-state index is 5.35. The molecule has 3 heteroatoms. The molecule has 0 aliphatic carbocycles. The fraction of sp³-hybridized carbons (Fsp3) is 0.571. The molecule has 1 rings (SSSR count).